The second kappa shape index (κ2) is 9.11. The lowest BCUT2D eigenvalue weighted by molar-refractivity contribution is 0.0734. The van der Waals surface area contributed by atoms with Crippen molar-refractivity contribution in [3.63, 3.8) is 0 Å². The first-order valence-corrected chi connectivity index (χ1v) is 11.1. The third-order valence-corrected chi connectivity index (χ3v) is 6.15. The highest BCUT2D eigenvalue weighted by Crippen LogP contribution is 2.25. The molecule has 0 radical (unpaired) electrons. The van der Waals surface area contributed by atoms with Crippen LogP contribution in [-0.4, -0.2) is 45.3 Å². The Morgan fingerprint density at radius 2 is 2.12 bits per heavy atom. The summed E-state index contributed by atoms with van der Waals surface area (Å²) in [5.41, 5.74) is 6.28. The summed E-state index contributed by atoms with van der Waals surface area (Å²) in [6, 6.07) is 8.85. The van der Waals surface area contributed by atoms with Crippen molar-refractivity contribution >= 4 is 22.8 Å². The molecule has 2 amide bonds. The Kier molecular flexibility index (Phi) is 5.85. The SMILES string of the molecule is COCc1ccc(C(=O)NCc2c(C)ncc3c2CCN(C(=O)c2ccc4nc[nH]c4c2)C3)o1. The van der Waals surface area contributed by atoms with Gasteiger partial charge in [0.2, 0.25) is 0 Å². The first kappa shape index (κ1) is 21.8. The van der Waals surface area contributed by atoms with Gasteiger partial charge >= 0.3 is 0 Å². The first-order valence-electron chi connectivity index (χ1n) is 11.1. The summed E-state index contributed by atoms with van der Waals surface area (Å²) in [6.45, 7) is 3.65. The van der Waals surface area contributed by atoms with Crippen molar-refractivity contribution in [2.45, 2.75) is 33.0 Å². The average Bonchev–Trinajstić information content (AvgIpc) is 3.52. The van der Waals surface area contributed by atoms with Crippen LogP contribution in [0.2, 0.25) is 0 Å². The zero-order valence-corrected chi connectivity index (χ0v) is 19.1. The summed E-state index contributed by atoms with van der Waals surface area (Å²) >= 11 is 0. The van der Waals surface area contributed by atoms with E-state index in [0.29, 0.717) is 44.0 Å². The predicted octanol–water partition coefficient (Wildman–Crippen LogP) is 3.13. The largest absolute Gasteiger partial charge is 0.453 e. The lowest BCUT2D eigenvalue weighted by atomic mass is 9.94. The fourth-order valence-electron chi connectivity index (χ4n) is 4.36. The molecule has 0 unspecified atom stereocenters. The molecule has 0 fully saturated rings. The maximum atomic E-state index is 13.1. The minimum atomic E-state index is -0.291. The molecule has 0 bridgehead atoms. The van der Waals surface area contributed by atoms with Crippen molar-refractivity contribution < 1.29 is 18.7 Å². The third kappa shape index (κ3) is 4.17. The van der Waals surface area contributed by atoms with Crippen LogP contribution < -0.4 is 5.32 Å². The number of aryl methyl sites for hydroxylation is 1. The zero-order chi connectivity index (χ0) is 23.7. The number of ether oxygens (including phenoxy) is 1. The van der Waals surface area contributed by atoms with Gasteiger partial charge in [-0.15, -0.1) is 0 Å². The van der Waals surface area contributed by atoms with E-state index in [1.165, 1.54) is 0 Å². The number of hydrogen-bond acceptors (Lipinski definition) is 6. The van der Waals surface area contributed by atoms with Crippen LogP contribution in [-0.2, 0) is 30.9 Å². The number of imidazole rings is 1. The van der Waals surface area contributed by atoms with Crippen molar-refractivity contribution in [1.82, 2.24) is 25.2 Å². The van der Waals surface area contributed by atoms with Crippen molar-refractivity contribution in [3.8, 4) is 0 Å². The van der Waals surface area contributed by atoms with E-state index in [1.54, 1.807) is 25.6 Å². The molecule has 9 heteroatoms. The number of carbonyl (C=O) groups is 2. The molecule has 1 aliphatic rings. The lowest BCUT2D eigenvalue weighted by Crippen LogP contribution is -2.37. The van der Waals surface area contributed by atoms with Gasteiger partial charge in [-0.05, 0) is 60.4 Å². The van der Waals surface area contributed by atoms with Gasteiger partial charge in [0, 0.05) is 44.2 Å². The Morgan fingerprint density at radius 3 is 2.97 bits per heavy atom. The summed E-state index contributed by atoms with van der Waals surface area (Å²) in [7, 11) is 1.57. The topological polar surface area (TPSA) is 113 Å². The van der Waals surface area contributed by atoms with Crippen LogP contribution in [0.25, 0.3) is 11.0 Å². The Balaban J connectivity index is 1.30. The Bertz CT molecular complexity index is 1370. The summed E-state index contributed by atoms with van der Waals surface area (Å²) in [5, 5.41) is 2.93. The molecule has 0 aliphatic carbocycles. The molecule has 1 aromatic carbocycles. The summed E-state index contributed by atoms with van der Waals surface area (Å²) < 4.78 is 10.5. The van der Waals surface area contributed by atoms with E-state index in [0.717, 1.165) is 33.4 Å². The molecule has 174 valence electrons. The second-order valence-corrected chi connectivity index (χ2v) is 8.32. The molecule has 0 spiro atoms. The highest BCUT2D eigenvalue weighted by Gasteiger charge is 2.25. The molecule has 0 atom stereocenters. The Hall–Kier alpha value is -3.98. The van der Waals surface area contributed by atoms with Crippen molar-refractivity contribution in [3.05, 3.63) is 82.3 Å². The molecule has 2 N–H and O–H groups in total. The second-order valence-electron chi connectivity index (χ2n) is 8.32. The number of benzene rings is 1. The molecule has 0 saturated carbocycles. The molecular formula is C25H25N5O4. The number of aromatic nitrogens is 3. The van der Waals surface area contributed by atoms with Crippen LogP contribution in [0.5, 0.6) is 0 Å². The third-order valence-electron chi connectivity index (χ3n) is 6.15. The Morgan fingerprint density at radius 1 is 1.24 bits per heavy atom. The van der Waals surface area contributed by atoms with Gasteiger partial charge in [-0.2, -0.15) is 0 Å². The number of amides is 2. The van der Waals surface area contributed by atoms with Gasteiger partial charge in [0.1, 0.15) is 12.4 Å². The maximum Gasteiger partial charge on any atom is 0.287 e. The molecule has 5 rings (SSSR count). The number of nitrogens with zero attached hydrogens (tertiary/aromatic N) is 3. The minimum absolute atomic E-state index is 0.0257. The Labute approximate surface area is 196 Å². The molecule has 3 aromatic heterocycles. The van der Waals surface area contributed by atoms with Gasteiger partial charge in [-0.3, -0.25) is 14.6 Å². The normalized spacial score (nSPS) is 13.2. The fourth-order valence-corrected chi connectivity index (χ4v) is 4.36. The van der Waals surface area contributed by atoms with Gasteiger partial charge in [0.05, 0.1) is 17.4 Å². The van der Waals surface area contributed by atoms with Crippen molar-refractivity contribution in [1.29, 1.82) is 0 Å². The van der Waals surface area contributed by atoms with Crippen molar-refractivity contribution in [2.24, 2.45) is 0 Å². The molecule has 0 saturated heterocycles. The minimum Gasteiger partial charge on any atom is -0.453 e. The van der Waals surface area contributed by atoms with E-state index in [4.69, 9.17) is 9.15 Å². The molecule has 34 heavy (non-hydrogen) atoms. The van der Waals surface area contributed by atoms with Gasteiger partial charge < -0.3 is 24.4 Å². The number of hydrogen-bond donors (Lipinski definition) is 2. The number of aromatic amines is 1. The smallest absolute Gasteiger partial charge is 0.287 e. The van der Waals surface area contributed by atoms with E-state index >= 15 is 0 Å². The fraction of sp³-hybridized carbons (Fsp3) is 0.280. The molecular weight excluding hydrogens is 434 g/mol. The summed E-state index contributed by atoms with van der Waals surface area (Å²) in [4.78, 5) is 39.3. The van der Waals surface area contributed by atoms with Crippen LogP contribution in [0.4, 0.5) is 0 Å². The monoisotopic (exact) mass is 459 g/mol. The molecule has 4 heterocycles. The number of H-pyrrole nitrogens is 1. The zero-order valence-electron chi connectivity index (χ0n) is 19.1. The lowest BCUT2D eigenvalue weighted by Gasteiger charge is -2.30. The number of pyridine rings is 1. The van der Waals surface area contributed by atoms with Crippen LogP contribution in [0.15, 0.2) is 47.3 Å². The van der Waals surface area contributed by atoms with Crippen LogP contribution >= 0.6 is 0 Å². The van der Waals surface area contributed by atoms with Crippen LogP contribution in [0.1, 0.15) is 49.1 Å². The van der Waals surface area contributed by atoms with E-state index in [-0.39, 0.29) is 17.6 Å². The standard InChI is InChI=1S/C25H25N5O4/c1-15-20(11-27-24(31)23-6-4-18(34-23)13-33-2)19-7-8-30(12-17(19)10-26-15)25(32)16-3-5-21-22(9-16)29-14-28-21/h3-6,9-10,14H,7-8,11-13H2,1-2H3,(H,27,31)(H,28,29). The average molecular weight is 460 g/mol. The van der Waals surface area contributed by atoms with E-state index < -0.39 is 0 Å². The quantitative estimate of drug-likeness (QED) is 0.458. The predicted molar refractivity (Wildman–Crippen MR) is 124 cm³/mol. The van der Waals surface area contributed by atoms with E-state index in [9.17, 15) is 9.59 Å². The van der Waals surface area contributed by atoms with Gasteiger partial charge in [-0.1, -0.05) is 0 Å². The molecule has 4 aromatic rings. The number of rotatable bonds is 6. The van der Waals surface area contributed by atoms with E-state index in [1.807, 2.05) is 36.2 Å². The molecule has 9 nitrogen and oxygen atoms in total. The molecule has 1 aliphatic heterocycles. The number of furan rings is 1. The number of nitrogens with one attached hydrogen (secondary N) is 2. The number of fused-ring (bicyclic) bond motifs is 2. The first-order chi connectivity index (χ1) is 16.5. The summed E-state index contributed by atoms with van der Waals surface area (Å²) in [6.07, 6.45) is 4.15. The van der Waals surface area contributed by atoms with E-state index in [2.05, 4.69) is 20.3 Å². The highest BCUT2D eigenvalue weighted by molar-refractivity contribution is 5.97. The van der Waals surface area contributed by atoms with Gasteiger partial charge in [0.15, 0.2) is 5.76 Å². The van der Waals surface area contributed by atoms with Gasteiger partial charge in [0.25, 0.3) is 11.8 Å². The number of carbonyl (C=O) groups excluding carboxylic acids is 2. The maximum absolute atomic E-state index is 13.1. The number of methoxy groups -OCH3 is 1. The van der Waals surface area contributed by atoms with Crippen LogP contribution in [0, 0.1) is 6.92 Å². The summed E-state index contributed by atoms with van der Waals surface area (Å²) in [5.74, 6) is 0.524. The van der Waals surface area contributed by atoms with Crippen molar-refractivity contribution in [2.75, 3.05) is 13.7 Å². The highest BCUT2D eigenvalue weighted by atomic mass is 16.5. The van der Waals surface area contributed by atoms with Crippen LogP contribution in [0.3, 0.4) is 0 Å². The van der Waals surface area contributed by atoms with Gasteiger partial charge in [-0.25, -0.2) is 4.98 Å².